The number of benzene rings is 1. The first-order valence-electron chi connectivity index (χ1n) is 8.17. The van der Waals surface area contributed by atoms with Crippen molar-refractivity contribution in [1.29, 1.82) is 5.26 Å². The van der Waals surface area contributed by atoms with Crippen LogP contribution in [0.25, 0.3) is 5.69 Å². The first kappa shape index (κ1) is 17.4. The predicted molar refractivity (Wildman–Crippen MR) is 91.6 cm³/mol. The van der Waals surface area contributed by atoms with E-state index in [4.69, 9.17) is 5.26 Å². The fourth-order valence-corrected chi connectivity index (χ4v) is 2.90. The van der Waals surface area contributed by atoms with Gasteiger partial charge in [-0.3, -0.25) is 0 Å². The Bertz CT molecular complexity index is 856. The number of nitriles is 1. The highest BCUT2D eigenvalue weighted by Gasteiger charge is 2.25. The molecule has 3 rings (SSSR count). The third kappa shape index (κ3) is 3.97. The van der Waals surface area contributed by atoms with Gasteiger partial charge in [0.1, 0.15) is 0 Å². The summed E-state index contributed by atoms with van der Waals surface area (Å²) in [5.41, 5.74) is 1.30. The number of urea groups is 1. The summed E-state index contributed by atoms with van der Waals surface area (Å²) in [6.07, 6.45) is 3.75. The van der Waals surface area contributed by atoms with Crippen LogP contribution in [0, 0.1) is 17.2 Å². The van der Waals surface area contributed by atoms with Crippen LogP contribution in [-0.4, -0.2) is 40.1 Å². The summed E-state index contributed by atoms with van der Waals surface area (Å²) >= 11 is 0. The average Bonchev–Trinajstić information content (AvgIpc) is 3.30. The van der Waals surface area contributed by atoms with Crippen molar-refractivity contribution >= 4 is 17.7 Å². The predicted octanol–water partition coefficient (Wildman–Crippen LogP) is 1.87. The van der Waals surface area contributed by atoms with E-state index in [1.807, 2.05) is 0 Å². The molecule has 26 heavy (non-hydrogen) atoms. The number of carbonyl (C=O) groups is 2. The number of methoxy groups -OCH3 is 1. The molecule has 1 aliphatic carbocycles. The Morgan fingerprint density at radius 1 is 1.38 bits per heavy atom. The van der Waals surface area contributed by atoms with Gasteiger partial charge in [0.25, 0.3) is 0 Å². The number of nitrogens with zero attached hydrogens (tertiary/aromatic N) is 4. The molecule has 1 aromatic heterocycles. The fraction of sp³-hybridized carbons (Fsp3) is 0.353. The van der Waals surface area contributed by atoms with Crippen LogP contribution in [0.3, 0.4) is 0 Å². The van der Waals surface area contributed by atoms with Crippen LogP contribution in [0.5, 0.6) is 0 Å². The van der Waals surface area contributed by atoms with Gasteiger partial charge >= 0.3 is 12.0 Å². The third-order valence-corrected chi connectivity index (χ3v) is 4.21. The molecular formula is C17H18N6O3. The Hall–Kier alpha value is -3.41. The zero-order valence-corrected chi connectivity index (χ0v) is 14.2. The molecule has 134 valence electrons. The van der Waals surface area contributed by atoms with Crippen molar-refractivity contribution in [2.45, 2.75) is 25.3 Å². The van der Waals surface area contributed by atoms with E-state index in [1.54, 1.807) is 24.3 Å². The average molecular weight is 354 g/mol. The molecule has 1 aliphatic rings. The molecule has 2 aromatic rings. The maximum atomic E-state index is 12.1. The van der Waals surface area contributed by atoms with Gasteiger partial charge in [0, 0.05) is 17.6 Å². The fourth-order valence-electron chi connectivity index (χ4n) is 2.90. The lowest BCUT2D eigenvalue weighted by Gasteiger charge is -2.13. The second kappa shape index (κ2) is 7.65. The summed E-state index contributed by atoms with van der Waals surface area (Å²) in [5.74, 6) is -0.558. The molecule has 0 unspecified atom stereocenters. The highest BCUT2D eigenvalue weighted by atomic mass is 16.5. The van der Waals surface area contributed by atoms with Crippen LogP contribution < -0.4 is 10.6 Å². The van der Waals surface area contributed by atoms with Gasteiger partial charge in [-0.15, -0.1) is 5.10 Å². The summed E-state index contributed by atoms with van der Waals surface area (Å²) in [6.45, 7) is 0. The topological polar surface area (TPSA) is 122 Å². The standard InChI is InChI=1S/C17H18N6O3/c1-26-16(24)15-10-23(22-21-15)14-4-2-3-12(8-14)19-17(25)20-13-6-5-11(7-13)9-18/h2-4,8,10-11,13H,5-7H2,1H3,(H2,19,20,25)/t11-,13+/m0/s1. The number of amides is 2. The number of esters is 1. The van der Waals surface area contributed by atoms with Crippen LogP contribution in [-0.2, 0) is 4.74 Å². The molecule has 0 bridgehead atoms. The molecule has 1 heterocycles. The lowest BCUT2D eigenvalue weighted by atomic mass is 10.1. The molecule has 0 radical (unpaired) electrons. The van der Waals surface area contributed by atoms with Gasteiger partial charge in [0.15, 0.2) is 5.69 Å². The minimum absolute atomic E-state index is 0.0138. The number of nitrogens with one attached hydrogen (secondary N) is 2. The van der Waals surface area contributed by atoms with E-state index in [9.17, 15) is 9.59 Å². The number of hydrogen-bond acceptors (Lipinski definition) is 6. The smallest absolute Gasteiger partial charge is 0.360 e. The highest BCUT2D eigenvalue weighted by Crippen LogP contribution is 2.24. The Labute approximate surface area is 149 Å². The molecule has 9 heteroatoms. The summed E-state index contributed by atoms with van der Waals surface area (Å²) in [5, 5.41) is 22.2. The summed E-state index contributed by atoms with van der Waals surface area (Å²) in [6, 6.07) is 8.91. The zero-order valence-electron chi connectivity index (χ0n) is 14.2. The van der Waals surface area contributed by atoms with Gasteiger partial charge in [-0.05, 0) is 37.5 Å². The van der Waals surface area contributed by atoms with E-state index in [-0.39, 0.29) is 23.7 Å². The molecule has 0 spiro atoms. The molecule has 1 aromatic carbocycles. The highest BCUT2D eigenvalue weighted by molar-refractivity contribution is 5.90. The minimum atomic E-state index is -0.572. The lowest BCUT2D eigenvalue weighted by Crippen LogP contribution is -2.36. The van der Waals surface area contributed by atoms with Crippen LogP contribution in [0.1, 0.15) is 29.8 Å². The molecule has 2 N–H and O–H groups in total. The molecular weight excluding hydrogens is 336 g/mol. The number of rotatable bonds is 4. The first-order valence-corrected chi connectivity index (χ1v) is 8.17. The largest absolute Gasteiger partial charge is 0.464 e. The second-order valence-corrected chi connectivity index (χ2v) is 6.02. The number of anilines is 1. The normalized spacial score (nSPS) is 18.8. The molecule has 2 amide bonds. The van der Waals surface area contributed by atoms with Crippen molar-refractivity contribution in [3.63, 3.8) is 0 Å². The van der Waals surface area contributed by atoms with Crippen LogP contribution in [0.4, 0.5) is 10.5 Å². The van der Waals surface area contributed by atoms with Gasteiger partial charge < -0.3 is 15.4 Å². The van der Waals surface area contributed by atoms with Crippen molar-refractivity contribution < 1.29 is 14.3 Å². The Morgan fingerprint density at radius 3 is 2.96 bits per heavy atom. The van der Waals surface area contributed by atoms with E-state index >= 15 is 0 Å². The van der Waals surface area contributed by atoms with Crippen molar-refractivity contribution in [1.82, 2.24) is 20.3 Å². The second-order valence-electron chi connectivity index (χ2n) is 6.02. The number of carbonyl (C=O) groups excluding carboxylic acids is 2. The SMILES string of the molecule is COC(=O)c1cn(-c2cccc(NC(=O)N[C@@H]3CC[C@H](C#N)C3)c2)nn1. The zero-order chi connectivity index (χ0) is 18.5. The monoisotopic (exact) mass is 354 g/mol. The molecule has 0 aliphatic heterocycles. The summed E-state index contributed by atoms with van der Waals surface area (Å²) < 4.78 is 6.02. The van der Waals surface area contributed by atoms with Gasteiger partial charge in [0.2, 0.25) is 0 Å². The van der Waals surface area contributed by atoms with Crippen molar-refractivity contribution in [2.24, 2.45) is 5.92 Å². The number of aromatic nitrogens is 3. The maximum absolute atomic E-state index is 12.1. The summed E-state index contributed by atoms with van der Waals surface area (Å²) in [4.78, 5) is 23.6. The first-order chi connectivity index (χ1) is 12.6. The molecule has 1 saturated carbocycles. The van der Waals surface area contributed by atoms with E-state index < -0.39 is 5.97 Å². The van der Waals surface area contributed by atoms with E-state index in [0.717, 1.165) is 12.8 Å². The Balaban J connectivity index is 1.64. The summed E-state index contributed by atoms with van der Waals surface area (Å²) in [7, 11) is 1.27. The lowest BCUT2D eigenvalue weighted by molar-refractivity contribution is 0.0594. The Kier molecular flexibility index (Phi) is 5.12. The van der Waals surface area contributed by atoms with Crippen LogP contribution in [0.2, 0.25) is 0 Å². The van der Waals surface area contributed by atoms with Crippen molar-refractivity contribution in [3.05, 3.63) is 36.2 Å². The molecule has 9 nitrogen and oxygen atoms in total. The van der Waals surface area contributed by atoms with E-state index in [1.165, 1.54) is 18.0 Å². The quantitative estimate of drug-likeness (QED) is 0.808. The van der Waals surface area contributed by atoms with Gasteiger partial charge in [-0.1, -0.05) is 11.3 Å². The third-order valence-electron chi connectivity index (χ3n) is 4.21. The van der Waals surface area contributed by atoms with Crippen LogP contribution >= 0.6 is 0 Å². The van der Waals surface area contributed by atoms with Gasteiger partial charge in [0.05, 0.1) is 25.1 Å². The number of hydrogen-bond donors (Lipinski definition) is 2. The molecule has 0 saturated heterocycles. The number of ether oxygens (including phenoxy) is 1. The van der Waals surface area contributed by atoms with E-state index in [2.05, 4.69) is 31.8 Å². The Morgan fingerprint density at radius 2 is 2.23 bits per heavy atom. The molecule has 2 atom stereocenters. The van der Waals surface area contributed by atoms with Crippen molar-refractivity contribution in [3.8, 4) is 11.8 Å². The van der Waals surface area contributed by atoms with Crippen molar-refractivity contribution in [2.75, 3.05) is 12.4 Å². The molecule has 1 fully saturated rings. The van der Waals surface area contributed by atoms with Gasteiger partial charge in [-0.25, -0.2) is 14.3 Å². The minimum Gasteiger partial charge on any atom is -0.464 e. The van der Waals surface area contributed by atoms with Crippen LogP contribution in [0.15, 0.2) is 30.5 Å². The van der Waals surface area contributed by atoms with E-state index in [0.29, 0.717) is 17.8 Å². The maximum Gasteiger partial charge on any atom is 0.360 e. The van der Waals surface area contributed by atoms with Gasteiger partial charge in [-0.2, -0.15) is 5.26 Å².